The van der Waals surface area contributed by atoms with Crippen LogP contribution in [-0.4, -0.2) is 16.6 Å². The number of amides is 1. The second-order valence-electron chi connectivity index (χ2n) is 5.13. The molecule has 0 radical (unpaired) electrons. The average Bonchev–Trinajstić information content (AvgIpc) is 3.06. The maximum atomic E-state index is 13.0. The van der Waals surface area contributed by atoms with Crippen LogP contribution in [0.25, 0.3) is 11.3 Å². The number of benzene rings is 2. The number of carbonyl (C=O) groups excluding carboxylic acids is 1. The SMILES string of the molecule is O=C(CCSc1nc(-c2ccc(F)cc2)cs1)Nc1ccccc1Cl. The molecule has 0 saturated heterocycles. The number of carbonyl (C=O) groups is 1. The molecule has 2 aromatic carbocycles. The molecule has 0 atom stereocenters. The molecular weight excluding hydrogens is 379 g/mol. The Balaban J connectivity index is 1.50. The highest BCUT2D eigenvalue weighted by molar-refractivity contribution is 8.01. The number of aromatic nitrogens is 1. The Morgan fingerprint density at radius 1 is 1.20 bits per heavy atom. The van der Waals surface area contributed by atoms with Crippen molar-refractivity contribution in [2.45, 2.75) is 10.8 Å². The van der Waals surface area contributed by atoms with E-state index in [1.54, 1.807) is 24.3 Å². The quantitative estimate of drug-likeness (QED) is 0.545. The van der Waals surface area contributed by atoms with Crippen LogP contribution >= 0.6 is 34.7 Å². The highest BCUT2D eigenvalue weighted by Gasteiger charge is 2.08. The fraction of sp³-hybridized carbons (Fsp3) is 0.111. The lowest BCUT2D eigenvalue weighted by molar-refractivity contribution is -0.115. The normalized spacial score (nSPS) is 10.6. The molecule has 1 amide bonds. The molecule has 128 valence electrons. The van der Waals surface area contributed by atoms with Crippen molar-refractivity contribution in [1.82, 2.24) is 4.98 Å². The molecule has 7 heteroatoms. The maximum Gasteiger partial charge on any atom is 0.225 e. The van der Waals surface area contributed by atoms with Crippen LogP contribution in [0.1, 0.15) is 6.42 Å². The van der Waals surface area contributed by atoms with Crippen LogP contribution < -0.4 is 5.32 Å². The van der Waals surface area contributed by atoms with E-state index in [1.165, 1.54) is 35.2 Å². The Labute approximate surface area is 158 Å². The molecule has 3 nitrogen and oxygen atoms in total. The van der Waals surface area contributed by atoms with Gasteiger partial charge in [0, 0.05) is 23.1 Å². The van der Waals surface area contributed by atoms with Crippen molar-refractivity contribution < 1.29 is 9.18 Å². The Hall–Kier alpha value is -1.89. The van der Waals surface area contributed by atoms with E-state index in [2.05, 4.69) is 10.3 Å². The van der Waals surface area contributed by atoms with Crippen LogP contribution in [0.5, 0.6) is 0 Å². The highest BCUT2D eigenvalue weighted by atomic mass is 35.5. The number of thioether (sulfide) groups is 1. The number of hydrogen-bond acceptors (Lipinski definition) is 4. The lowest BCUT2D eigenvalue weighted by Crippen LogP contribution is -2.12. The molecule has 0 bridgehead atoms. The molecular formula is C18H14ClFN2OS2. The molecule has 1 aromatic heterocycles. The molecule has 0 unspecified atom stereocenters. The molecule has 0 aliphatic heterocycles. The van der Waals surface area contributed by atoms with Crippen LogP contribution in [-0.2, 0) is 4.79 Å². The van der Waals surface area contributed by atoms with Gasteiger partial charge in [0.25, 0.3) is 0 Å². The first-order chi connectivity index (χ1) is 12.1. The van der Waals surface area contributed by atoms with E-state index in [9.17, 15) is 9.18 Å². The van der Waals surface area contributed by atoms with Crippen LogP contribution in [0.2, 0.25) is 5.02 Å². The number of nitrogens with one attached hydrogen (secondary N) is 1. The van der Waals surface area contributed by atoms with E-state index in [1.807, 2.05) is 17.5 Å². The zero-order valence-electron chi connectivity index (χ0n) is 13.0. The molecule has 25 heavy (non-hydrogen) atoms. The predicted octanol–water partition coefficient (Wildman–Crippen LogP) is 5.72. The third kappa shape index (κ3) is 5.04. The summed E-state index contributed by atoms with van der Waals surface area (Å²) in [6.45, 7) is 0. The summed E-state index contributed by atoms with van der Waals surface area (Å²) in [5.41, 5.74) is 2.31. The van der Waals surface area contributed by atoms with Crippen molar-refractivity contribution in [2.24, 2.45) is 0 Å². The third-order valence-electron chi connectivity index (χ3n) is 3.33. The van der Waals surface area contributed by atoms with Crippen LogP contribution in [0.3, 0.4) is 0 Å². The molecule has 0 fully saturated rings. The summed E-state index contributed by atoms with van der Waals surface area (Å²) in [5, 5.41) is 5.25. The van der Waals surface area contributed by atoms with Crippen LogP contribution in [0.15, 0.2) is 58.3 Å². The number of nitrogens with zero attached hydrogens (tertiary/aromatic N) is 1. The van der Waals surface area contributed by atoms with Gasteiger partial charge in [-0.05, 0) is 36.4 Å². The first-order valence-electron chi connectivity index (χ1n) is 7.50. The second-order valence-corrected chi connectivity index (χ2v) is 7.74. The van der Waals surface area contributed by atoms with Crippen LogP contribution in [0.4, 0.5) is 10.1 Å². The molecule has 0 spiro atoms. The third-order valence-corrected chi connectivity index (χ3v) is 5.68. The molecule has 3 rings (SSSR count). The largest absolute Gasteiger partial charge is 0.325 e. The van der Waals surface area contributed by atoms with Gasteiger partial charge in [-0.15, -0.1) is 11.3 Å². The van der Waals surface area contributed by atoms with Crippen LogP contribution in [0, 0.1) is 5.82 Å². The summed E-state index contributed by atoms with van der Waals surface area (Å²) in [4.78, 5) is 16.5. The average molecular weight is 393 g/mol. The summed E-state index contributed by atoms with van der Waals surface area (Å²) in [6, 6.07) is 13.4. The lowest BCUT2D eigenvalue weighted by atomic mass is 10.2. The summed E-state index contributed by atoms with van der Waals surface area (Å²) in [6.07, 6.45) is 0.362. The van der Waals surface area contributed by atoms with Gasteiger partial charge in [0.2, 0.25) is 5.91 Å². The Morgan fingerprint density at radius 3 is 2.72 bits per heavy atom. The Morgan fingerprint density at radius 2 is 1.96 bits per heavy atom. The van der Waals surface area contributed by atoms with Crippen molar-refractivity contribution in [2.75, 3.05) is 11.1 Å². The minimum absolute atomic E-state index is 0.0871. The van der Waals surface area contributed by atoms with Crippen molar-refractivity contribution in [3.8, 4) is 11.3 Å². The lowest BCUT2D eigenvalue weighted by Gasteiger charge is -2.06. The number of anilines is 1. The fourth-order valence-electron chi connectivity index (χ4n) is 2.08. The molecule has 0 aliphatic rings. The topological polar surface area (TPSA) is 42.0 Å². The standard InChI is InChI=1S/C18H14ClFN2OS2/c19-14-3-1-2-4-15(14)21-17(23)9-10-24-18-22-16(11-25-18)12-5-7-13(20)8-6-12/h1-8,11H,9-10H2,(H,21,23). The van der Waals surface area contributed by atoms with E-state index < -0.39 is 0 Å². The van der Waals surface area contributed by atoms with Gasteiger partial charge in [-0.1, -0.05) is 35.5 Å². The van der Waals surface area contributed by atoms with Gasteiger partial charge in [-0.3, -0.25) is 4.79 Å². The van der Waals surface area contributed by atoms with Gasteiger partial charge < -0.3 is 5.32 Å². The minimum atomic E-state index is -0.266. The van der Waals surface area contributed by atoms with Crippen molar-refractivity contribution in [3.05, 3.63) is 64.8 Å². The van der Waals surface area contributed by atoms with Gasteiger partial charge in [0.15, 0.2) is 4.34 Å². The summed E-state index contributed by atoms with van der Waals surface area (Å²) < 4.78 is 13.8. The second kappa shape index (κ2) is 8.47. The Kier molecular flexibility index (Phi) is 6.07. The highest BCUT2D eigenvalue weighted by Crippen LogP contribution is 2.29. The first kappa shape index (κ1) is 17.9. The smallest absolute Gasteiger partial charge is 0.225 e. The number of para-hydroxylation sites is 1. The summed E-state index contributed by atoms with van der Waals surface area (Å²) in [7, 11) is 0. The Bertz CT molecular complexity index is 868. The van der Waals surface area contributed by atoms with Crippen molar-refractivity contribution in [1.29, 1.82) is 0 Å². The summed E-state index contributed by atoms with van der Waals surface area (Å²) in [5.74, 6) is 0.265. The van der Waals surface area contributed by atoms with E-state index in [4.69, 9.17) is 11.6 Å². The number of thiazole rings is 1. The molecule has 1 heterocycles. The van der Waals surface area contributed by atoms with Gasteiger partial charge in [-0.2, -0.15) is 0 Å². The summed E-state index contributed by atoms with van der Waals surface area (Å²) >= 11 is 9.05. The molecule has 0 aliphatic carbocycles. The van der Waals surface area contributed by atoms with E-state index >= 15 is 0 Å². The van der Waals surface area contributed by atoms with Gasteiger partial charge in [0.05, 0.1) is 16.4 Å². The monoisotopic (exact) mass is 392 g/mol. The zero-order chi connectivity index (χ0) is 17.6. The van der Waals surface area contributed by atoms with E-state index in [-0.39, 0.29) is 11.7 Å². The fourth-order valence-corrected chi connectivity index (χ4v) is 4.11. The van der Waals surface area contributed by atoms with Gasteiger partial charge in [-0.25, -0.2) is 9.37 Å². The first-order valence-corrected chi connectivity index (χ1v) is 9.75. The number of hydrogen-bond donors (Lipinski definition) is 1. The molecule has 1 N–H and O–H groups in total. The van der Waals surface area contributed by atoms with E-state index in [0.717, 1.165) is 15.6 Å². The van der Waals surface area contributed by atoms with E-state index in [0.29, 0.717) is 22.9 Å². The number of rotatable bonds is 6. The van der Waals surface area contributed by atoms with Crippen molar-refractivity contribution >= 4 is 46.3 Å². The van der Waals surface area contributed by atoms with Gasteiger partial charge >= 0.3 is 0 Å². The number of halogens is 2. The minimum Gasteiger partial charge on any atom is -0.325 e. The predicted molar refractivity (Wildman–Crippen MR) is 103 cm³/mol. The van der Waals surface area contributed by atoms with Crippen molar-refractivity contribution in [3.63, 3.8) is 0 Å². The zero-order valence-corrected chi connectivity index (χ0v) is 15.4. The maximum absolute atomic E-state index is 13.0. The molecule has 0 saturated carbocycles. The molecule has 3 aromatic rings. The van der Waals surface area contributed by atoms with Gasteiger partial charge in [0.1, 0.15) is 5.82 Å².